The third kappa shape index (κ3) is 3.50. The van der Waals surface area contributed by atoms with Crippen LogP contribution >= 0.6 is 0 Å². The average molecular weight is 270 g/mol. The number of benzene rings is 1. The molecule has 2 rings (SSSR count). The molecule has 0 aliphatic rings. The summed E-state index contributed by atoms with van der Waals surface area (Å²) in [4.78, 5) is 11.7. The van der Waals surface area contributed by atoms with Gasteiger partial charge in [-0.25, -0.2) is 0 Å². The molecule has 0 aliphatic carbocycles. The van der Waals surface area contributed by atoms with Crippen molar-refractivity contribution in [2.75, 3.05) is 5.32 Å². The molecule has 1 heterocycles. The number of anilines is 1. The van der Waals surface area contributed by atoms with Gasteiger partial charge in [0.1, 0.15) is 0 Å². The Labute approximate surface area is 120 Å². The summed E-state index contributed by atoms with van der Waals surface area (Å²) >= 11 is 0. The van der Waals surface area contributed by atoms with Crippen LogP contribution in [-0.4, -0.2) is 4.57 Å². The maximum atomic E-state index is 11.7. The van der Waals surface area contributed by atoms with Gasteiger partial charge in [0.2, 0.25) is 0 Å². The van der Waals surface area contributed by atoms with Crippen molar-refractivity contribution in [1.29, 1.82) is 0 Å². The van der Waals surface area contributed by atoms with Crippen LogP contribution in [0.1, 0.15) is 38.3 Å². The molecule has 20 heavy (non-hydrogen) atoms. The van der Waals surface area contributed by atoms with Gasteiger partial charge in [0.25, 0.3) is 5.56 Å². The van der Waals surface area contributed by atoms with E-state index < -0.39 is 0 Å². The van der Waals surface area contributed by atoms with Crippen molar-refractivity contribution in [2.45, 2.75) is 39.3 Å². The largest absolute Gasteiger partial charge is 0.377 e. The van der Waals surface area contributed by atoms with Crippen LogP contribution < -0.4 is 10.9 Å². The quantitative estimate of drug-likeness (QED) is 0.865. The van der Waals surface area contributed by atoms with Crippen molar-refractivity contribution in [3.05, 3.63) is 64.6 Å². The van der Waals surface area contributed by atoms with Crippen molar-refractivity contribution in [3.63, 3.8) is 0 Å². The minimum absolute atomic E-state index is 0.0603. The van der Waals surface area contributed by atoms with Crippen molar-refractivity contribution in [1.82, 2.24) is 4.57 Å². The predicted octanol–water partition coefficient (Wildman–Crippen LogP) is 3.82. The van der Waals surface area contributed by atoms with Crippen molar-refractivity contribution in [3.8, 4) is 0 Å². The highest BCUT2D eigenvalue weighted by Crippen LogP contribution is 2.21. The topological polar surface area (TPSA) is 34.0 Å². The Bertz CT molecular complexity index is 589. The Balaban J connectivity index is 2.20. The summed E-state index contributed by atoms with van der Waals surface area (Å²) in [5.41, 5.74) is 2.32. The van der Waals surface area contributed by atoms with Crippen LogP contribution in [0.2, 0.25) is 0 Å². The van der Waals surface area contributed by atoms with Crippen molar-refractivity contribution >= 4 is 5.69 Å². The Kier molecular flexibility index (Phi) is 4.99. The van der Waals surface area contributed by atoms with Crippen LogP contribution in [0, 0.1) is 0 Å². The third-order valence-corrected chi connectivity index (χ3v) is 3.40. The van der Waals surface area contributed by atoms with Gasteiger partial charge in [-0.3, -0.25) is 4.79 Å². The van der Waals surface area contributed by atoms with Crippen LogP contribution in [0.5, 0.6) is 0 Å². The molecule has 106 valence electrons. The van der Waals surface area contributed by atoms with E-state index in [1.54, 1.807) is 10.6 Å². The lowest BCUT2D eigenvalue weighted by Crippen LogP contribution is -2.19. The molecule has 0 fully saturated rings. The molecule has 0 amide bonds. The highest BCUT2D eigenvalue weighted by molar-refractivity contribution is 5.43. The van der Waals surface area contributed by atoms with E-state index in [-0.39, 0.29) is 11.6 Å². The minimum atomic E-state index is 0.0603. The standard InChI is InChI=1S/C17H22N2O/c1-3-12-19-13-15(10-11-17(19)20)18-16(4-2)14-8-6-5-7-9-14/h5-11,13,16,18H,3-4,12H2,1-2H3. The summed E-state index contributed by atoms with van der Waals surface area (Å²) in [6.07, 6.45) is 3.87. The molecule has 0 bridgehead atoms. The summed E-state index contributed by atoms with van der Waals surface area (Å²) in [5, 5.41) is 3.51. The summed E-state index contributed by atoms with van der Waals surface area (Å²) in [6, 6.07) is 14.2. The SMILES string of the molecule is CCCn1cc(NC(CC)c2ccccc2)ccc1=O. The molecular formula is C17H22N2O. The molecule has 2 aromatic rings. The summed E-state index contributed by atoms with van der Waals surface area (Å²) < 4.78 is 1.76. The summed E-state index contributed by atoms with van der Waals surface area (Å²) in [7, 11) is 0. The fourth-order valence-electron chi connectivity index (χ4n) is 2.34. The number of hydrogen-bond donors (Lipinski definition) is 1. The molecule has 0 saturated heterocycles. The average Bonchev–Trinajstić information content (AvgIpc) is 2.49. The number of rotatable bonds is 6. The van der Waals surface area contributed by atoms with E-state index >= 15 is 0 Å². The van der Waals surface area contributed by atoms with Crippen LogP contribution in [0.4, 0.5) is 5.69 Å². The number of aromatic nitrogens is 1. The predicted molar refractivity (Wildman–Crippen MR) is 84.1 cm³/mol. The van der Waals surface area contributed by atoms with Gasteiger partial charge in [0.15, 0.2) is 0 Å². The van der Waals surface area contributed by atoms with E-state index in [0.29, 0.717) is 0 Å². The highest BCUT2D eigenvalue weighted by atomic mass is 16.1. The second-order valence-electron chi connectivity index (χ2n) is 4.97. The first-order chi connectivity index (χ1) is 9.74. The molecule has 0 aliphatic heterocycles. The second kappa shape index (κ2) is 6.94. The Hall–Kier alpha value is -2.03. The monoisotopic (exact) mass is 270 g/mol. The number of nitrogens with zero attached hydrogens (tertiary/aromatic N) is 1. The molecule has 3 heteroatoms. The lowest BCUT2D eigenvalue weighted by molar-refractivity contribution is 0.652. The number of hydrogen-bond acceptors (Lipinski definition) is 2. The van der Waals surface area contributed by atoms with Gasteiger partial charge in [0.05, 0.1) is 11.7 Å². The maximum Gasteiger partial charge on any atom is 0.250 e. The van der Waals surface area contributed by atoms with Gasteiger partial charge in [-0.05, 0) is 24.5 Å². The summed E-state index contributed by atoms with van der Waals surface area (Å²) in [6.45, 7) is 4.99. The lowest BCUT2D eigenvalue weighted by Gasteiger charge is -2.19. The van der Waals surface area contributed by atoms with Gasteiger partial charge in [0, 0.05) is 18.8 Å². The zero-order chi connectivity index (χ0) is 14.4. The smallest absolute Gasteiger partial charge is 0.250 e. The van der Waals surface area contributed by atoms with Gasteiger partial charge in [-0.15, -0.1) is 0 Å². The van der Waals surface area contributed by atoms with E-state index in [1.165, 1.54) is 5.56 Å². The van der Waals surface area contributed by atoms with E-state index in [9.17, 15) is 4.79 Å². The second-order valence-corrected chi connectivity index (χ2v) is 4.97. The lowest BCUT2D eigenvalue weighted by atomic mass is 10.0. The molecule has 1 unspecified atom stereocenters. The van der Waals surface area contributed by atoms with Crippen molar-refractivity contribution < 1.29 is 0 Å². The van der Waals surface area contributed by atoms with Crippen LogP contribution in [0.3, 0.4) is 0 Å². The van der Waals surface area contributed by atoms with Crippen LogP contribution in [0.25, 0.3) is 0 Å². The highest BCUT2D eigenvalue weighted by Gasteiger charge is 2.09. The molecule has 3 nitrogen and oxygen atoms in total. The minimum Gasteiger partial charge on any atom is -0.377 e. The first-order valence-corrected chi connectivity index (χ1v) is 7.26. The molecule has 1 aromatic carbocycles. The maximum absolute atomic E-state index is 11.7. The Morgan fingerprint density at radius 3 is 2.50 bits per heavy atom. The van der Waals surface area contributed by atoms with E-state index in [0.717, 1.165) is 25.1 Å². The molecular weight excluding hydrogens is 248 g/mol. The van der Waals surface area contributed by atoms with Gasteiger partial charge >= 0.3 is 0 Å². The molecule has 0 spiro atoms. The van der Waals surface area contributed by atoms with Gasteiger partial charge in [-0.1, -0.05) is 44.2 Å². The molecule has 1 aromatic heterocycles. The van der Waals surface area contributed by atoms with E-state index in [4.69, 9.17) is 0 Å². The van der Waals surface area contributed by atoms with Crippen molar-refractivity contribution in [2.24, 2.45) is 0 Å². The molecule has 0 radical (unpaired) electrons. The normalized spacial score (nSPS) is 12.1. The zero-order valence-electron chi connectivity index (χ0n) is 12.2. The van der Waals surface area contributed by atoms with E-state index in [1.807, 2.05) is 18.3 Å². The third-order valence-electron chi connectivity index (χ3n) is 3.40. The van der Waals surface area contributed by atoms with Crippen LogP contribution in [0.15, 0.2) is 53.5 Å². The molecule has 1 atom stereocenters. The summed E-state index contributed by atoms with van der Waals surface area (Å²) in [5.74, 6) is 0. The fraction of sp³-hybridized carbons (Fsp3) is 0.353. The van der Waals surface area contributed by atoms with Gasteiger partial charge < -0.3 is 9.88 Å². The van der Waals surface area contributed by atoms with E-state index in [2.05, 4.69) is 43.4 Å². The Morgan fingerprint density at radius 1 is 1.10 bits per heavy atom. The molecule has 0 saturated carbocycles. The van der Waals surface area contributed by atoms with Crippen LogP contribution in [-0.2, 0) is 6.54 Å². The number of aryl methyl sites for hydroxylation is 1. The Morgan fingerprint density at radius 2 is 1.85 bits per heavy atom. The van der Waals surface area contributed by atoms with Gasteiger partial charge in [-0.2, -0.15) is 0 Å². The molecule has 1 N–H and O–H groups in total. The number of nitrogens with one attached hydrogen (secondary N) is 1. The first-order valence-electron chi connectivity index (χ1n) is 7.26. The fourth-order valence-corrected chi connectivity index (χ4v) is 2.34. The zero-order valence-corrected chi connectivity index (χ0v) is 12.2. The first kappa shape index (κ1) is 14.4. The number of pyridine rings is 1.